The summed E-state index contributed by atoms with van der Waals surface area (Å²) in [6, 6.07) is 11.4. The summed E-state index contributed by atoms with van der Waals surface area (Å²) in [6.45, 7) is 4.81. The molecule has 1 N–H and O–H groups in total. The van der Waals surface area contributed by atoms with E-state index in [-0.39, 0.29) is 5.91 Å². The Kier molecular flexibility index (Phi) is 5.85. The van der Waals surface area contributed by atoms with Crippen molar-refractivity contribution in [3.63, 3.8) is 0 Å². The van der Waals surface area contributed by atoms with Crippen molar-refractivity contribution in [1.29, 1.82) is 0 Å². The zero-order valence-corrected chi connectivity index (χ0v) is 18.9. The van der Waals surface area contributed by atoms with E-state index in [9.17, 15) is 4.79 Å². The number of pyridine rings is 1. The fraction of sp³-hybridized carbons (Fsp3) is 0.292. The molecule has 2 aromatic heterocycles. The van der Waals surface area contributed by atoms with Crippen LogP contribution < -0.4 is 19.5 Å². The number of fused-ring (bicyclic) bond motifs is 2. The Labute approximate surface area is 186 Å². The molecule has 2 aromatic carbocycles. The molecule has 8 nitrogen and oxygen atoms in total. The Morgan fingerprint density at radius 1 is 1.03 bits per heavy atom. The number of carbonyl (C=O) groups excluding carboxylic acids is 1. The molecule has 0 unspecified atom stereocenters. The second kappa shape index (κ2) is 8.74. The molecule has 4 rings (SSSR count). The van der Waals surface area contributed by atoms with E-state index in [0.29, 0.717) is 35.2 Å². The van der Waals surface area contributed by atoms with Crippen molar-refractivity contribution in [2.75, 3.05) is 26.6 Å². The van der Waals surface area contributed by atoms with Gasteiger partial charge in [0.25, 0.3) is 5.91 Å². The van der Waals surface area contributed by atoms with Crippen molar-refractivity contribution in [2.45, 2.75) is 26.8 Å². The van der Waals surface area contributed by atoms with E-state index in [0.717, 1.165) is 33.9 Å². The zero-order valence-electron chi connectivity index (χ0n) is 18.9. The minimum absolute atomic E-state index is 0.337. The lowest BCUT2D eigenvalue weighted by molar-refractivity contribution is 0.102. The van der Waals surface area contributed by atoms with Gasteiger partial charge in [0.2, 0.25) is 5.75 Å². The van der Waals surface area contributed by atoms with Gasteiger partial charge < -0.3 is 19.5 Å². The number of nitrogens with one attached hydrogen (secondary N) is 1. The number of nitrogens with zero attached hydrogens (tertiary/aromatic N) is 3. The SMILES string of the molecule is CCCn1nc(NC(=O)c2cc(OC)c(OC)c(OC)c2)c2cc3ccc(C)cc3nc21. The summed E-state index contributed by atoms with van der Waals surface area (Å²) in [7, 11) is 4.54. The van der Waals surface area contributed by atoms with Crippen LogP contribution in [0.15, 0.2) is 36.4 Å². The highest BCUT2D eigenvalue weighted by atomic mass is 16.5. The van der Waals surface area contributed by atoms with Gasteiger partial charge >= 0.3 is 0 Å². The van der Waals surface area contributed by atoms with Gasteiger partial charge in [0.1, 0.15) is 0 Å². The van der Waals surface area contributed by atoms with Crippen LogP contribution in [0.4, 0.5) is 5.82 Å². The first kappa shape index (κ1) is 21.4. The smallest absolute Gasteiger partial charge is 0.257 e. The van der Waals surface area contributed by atoms with Crippen LogP contribution >= 0.6 is 0 Å². The molecule has 0 saturated carbocycles. The third-order valence-corrected chi connectivity index (χ3v) is 5.27. The number of hydrogen-bond donors (Lipinski definition) is 1. The Balaban J connectivity index is 1.78. The highest BCUT2D eigenvalue weighted by Crippen LogP contribution is 2.38. The number of methoxy groups -OCH3 is 3. The fourth-order valence-corrected chi connectivity index (χ4v) is 3.71. The molecular weight excluding hydrogens is 408 g/mol. The maximum Gasteiger partial charge on any atom is 0.257 e. The number of benzene rings is 2. The van der Waals surface area contributed by atoms with Crippen LogP contribution in [0.5, 0.6) is 17.2 Å². The van der Waals surface area contributed by atoms with Gasteiger partial charge in [0.05, 0.1) is 32.2 Å². The van der Waals surface area contributed by atoms with Crippen LogP contribution in [-0.4, -0.2) is 42.0 Å². The number of aromatic nitrogens is 3. The van der Waals surface area contributed by atoms with E-state index in [1.54, 1.807) is 12.1 Å². The number of amides is 1. The second-order valence-corrected chi connectivity index (χ2v) is 7.50. The molecule has 0 radical (unpaired) electrons. The van der Waals surface area contributed by atoms with Crippen molar-refractivity contribution in [1.82, 2.24) is 14.8 Å². The summed E-state index contributed by atoms with van der Waals surface area (Å²) in [5.74, 6) is 1.36. The van der Waals surface area contributed by atoms with E-state index < -0.39 is 0 Å². The van der Waals surface area contributed by atoms with Crippen LogP contribution in [0.1, 0.15) is 29.3 Å². The monoisotopic (exact) mass is 434 g/mol. The Morgan fingerprint density at radius 2 is 1.75 bits per heavy atom. The number of carbonyl (C=O) groups is 1. The average Bonchev–Trinajstić information content (AvgIpc) is 3.12. The predicted octanol–water partition coefficient (Wildman–Crippen LogP) is 4.58. The quantitative estimate of drug-likeness (QED) is 0.458. The lowest BCUT2D eigenvalue weighted by Crippen LogP contribution is -2.13. The molecule has 166 valence electrons. The summed E-state index contributed by atoms with van der Waals surface area (Å²) in [4.78, 5) is 18.0. The van der Waals surface area contributed by atoms with E-state index in [1.807, 2.05) is 35.9 Å². The highest BCUT2D eigenvalue weighted by molar-refractivity contribution is 6.09. The van der Waals surface area contributed by atoms with Crippen LogP contribution in [-0.2, 0) is 6.54 Å². The van der Waals surface area contributed by atoms with Gasteiger partial charge in [0, 0.05) is 17.5 Å². The molecular formula is C24H26N4O4. The fourth-order valence-electron chi connectivity index (χ4n) is 3.71. The third-order valence-electron chi connectivity index (χ3n) is 5.27. The summed E-state index contributed by atoms with van der Waals surface area (Å²) in [5.41, 5.74) is 3.14. The molecule has 0 bridgehead atoms. The topological polar surface area (TPSA) is 87.5 Å². The van der Waals surface area contributed by atoms with Crippen LogP contribution in [0, 0.1) is 6.92 Å². The first-order valence-corrected chi connectivity index (χ1v) is 10.4. The standard InChI is InChI=1S/C24H26N4O4/c1-6-9-28-23-17(11-15-8-7-14(2)10-18(15)25-23)22(27-28)26-24(29)16-12-19(30-3)21(32-5)20(13-16)31-4/h7-8,10-13H,6,9H2,1-5H3,(H,26,27,29). The maximum atomic E-state index is 13.1. The summed E-state index contributed by atoms with van der Waals surface area (Å²) < 4.78 is 17.9. The van der Waals surface area contributed by atoms with Crippen LogP contribution in [0.3, 0.4) is 0 Å². The van der Waals surface area contributed by atoms with E-state index >= 15 is 0 Å². The molecule has 0 aliphatic carbocycles. The van der Waals surface area contributed by atoms with Crippen molar-refractivity contribution in [3.8, 4) is 17.2 Å². The Hall–Kier alpha value is -3.81. The largest absolute Gasteiger partial charge is 0.493 e. The Morgan fingerprint density at radius 3 is 2.38 bits per heavy atom. The maximum absolute atomic E-state index is 13.1. The van der Waals surface area contributed by atoms with Gasteiger partial charge in [-0.2, -0.15) is 5.10 Å². The number of hydrogen-bond acceptors (Lipinski definition) is 6. The molecule has 0 aliphatic heterocycles. The first-order valence-electron chi connectivity index (χ1n) is 10.4. The second-order valence-electron chi connectivity index (χ2n) is 7.50. The lowest BCUT2D eigenvalue weighted by Gasteiger charge is -2.13. The molecule has 0 fully saturated rings. The minimum atomic E-state index is -0.337. The van der Waals surface area contributed by atoms with Crippen molar-refractivity contribution in [3.05, 3.63) is 47.5 Å². The molecule has 0 aliphatic rings. The Bertz CT molecular complexity index is 1290. The third kappa shape index (κ3) is 3.79. The predicted molar refractivity (Wildman–Crippen MR) is 124 cm³/mol. The summed E-state index contributed by atoms with van der Waals surface area (Å²) in [6.07, 6.45) is 0.893. The van der Waals surface area contributed by atoms with Crippen molar-refractivity contribution in [2.24, 2.45) is 0 Å². The minimum Gasteiger partial charge on any atom is -0.493 e. The van der Waals surface area contributed by atoms with Crippen LogP contribution in [0.2, 0.25) is 0 Å². The average molecular weight is 434 g/mol. The molecule has 2 heterocycles. The zero-order chi connectivity index (χ0) is 22.8. The van der Waals surface area contributed by atoms with E-state index in [1.165, 1.54) is 21.3 Å². The number of rotatable bonds is 7. The van der Waals surface area contributed by atoms with Gasteiger partial charge in [-0.1, -0.05) is 19.1 Å². The summed E-state index contributed by atoms with van der Waals surface area (Å²) >= 11 is 0. The molecule has 32 heavy (non-hydrogen) atoms. The van der Waals surface area contributed by atoms with Crippen LogP contribution in [0.25, 0.3) is 21.9 Å². The molecule has 1 amide bonds. The summed E-state index contributed by atoms with van der Waals surface area (Å²) in [5, 5.41) is 9.35. The van der Waals surface area contributed by atoms with Gasteiger partial charge in [-0.15, -0.1) is 0 Å². The number of ether oxygens (including phenoxy) is 3. The van der Waals surface area contributed by atoms with Gasteiger partial charge in [-0.25, -0.2) is 9.67 Å². The van der Waals surface area contributed by atoms with E-state index in [4.69, 9.17) is 19.2 Å². The van der Waals surface area contributed by atoms with Crippen molar-refractivity contribution >= 4 is 33.7 Å². The molecule has 0 atom stereocenters. The molecule has 0 spiro atoms. The number of aryl methyl sites for hydroxylation is 2. The van der Waals surface area contributed by atoms with E-state index in [2.05, 4.69) is 17.3 Å². The number of anilines is 1. The lowest BCUT2D eigenvalue weighted by atomic mass is 10.1. The van der Waals surface area contributed by atoms with Crippen molar-refractivity contribution < 1.29 is 19.0 Å². The molecule has 8 heteroatoms. The first-order chi connectivity index (χ1) is 15.5. The van der Waals surface area contributed by atoms with Gasteiger partial charge in [-0.3, -0.25) is 4.79 Å². The van der Waals surface area contributed by atoms with Gasteiger partial charge in [0.15, 0.2) is 23.0 Å². The molecule has 4 aromatic rings. The molecule has 0 saturated heterocycles. The highest BCUT2D eigenvalue weighted by Gasteiger charge is 2.20. The van der Waals surface area contributed by atoms with Gasteiger partial charge in [-0.05, 0) is 43.2 Å². The normalized spacial score (nSPS) is 11.0.